The number of Topliss-reactive ketones (excluding diaryl/α,β-unsaturated/α-hetero) is 1. The summed E-state index contributed by atoms with van der Waals surface area (Å²) < 4.78 is 4.59. The first-order chi connectivity index (χ1) is 8.61. The van der Waals surface area contributed by atoms with Crippen LogP contribution >= 0.6 is 0 Å². The van der Waals surface area contributed by atoms with Crippen LogP contribution in [0.4, 0.5) is 0 Å². The number of hydrogen-bond donors (Lipinski definition) is 1. The minimum atomic E-state index is -0.321. The van der Waals surface area contributed by atoms with Crippen LogP contribution in [0.25, 0.3) is 0 Å². The van der Waals surface area contributed by atoms with Gasteiger partial charge in [-0.05, 0) is 17.7 Å². The number of esters is 1. The largest absolute Gasteiger partial charge is 0.508 e. The molecule has 1 aliphatic carbocycles. The number of ether oxygens (including phenoxy) is 1. The summed E-state index contributed by atoms with van der Waals surface area (Å²) in [4.78, 5) is 22.8. The highest BCUT2D eigenvalue weighted by Gasteiger charge is 2.31. The molecular weight excluding hydrogens is 232 g/mol. The molecule has 0 spiro atoms. The van der Waals surface area contributed by atoms with Crippen molar-refractivity contribution in [2.45, 2.75) is 32.6 Å². The van der Waals surface area contributed by atoms with Crippen molar-refractivity contribution in [1.29, 1.82) is 0 Å². The van der Waals surface area contributed by atoms with Gasteiger partial charge in [0.1, 0.15) is 5.75 Å². The van der Waals surface area contributed by atoms with Crippen LogP contribution in [0.1, 0.15) is 48.5 Å². The molecule has 1 aliphatic rings. The van der Waals surface area contributed by atoms with E-state index in [1.54, 1.807) is 6.07 Å². The normalized spacial score (nSPS) is 16.6. The quantitative estimate of drug-likeness (QED) is 0.819. The van der Waals surface area contributed by atoms with Crippen molar-refractivity contribution >= 4 is 11.8 Å². The third kappa shape index (κ3) is 2.88. The van der Waals surface area contributed by atoms with Crippen LogP contribution in [0, 0.1) is 0 Å². The molecule has 0 bridgehead atoms. The highest BCUT2D eigenvalue weighted by Crippen LogP contribution is 2.37. The summed E-state index contributed by atoms with van der Waals surface area (Å²) in [6, 6.07) is 4.68. The Kier molecular flexibility index (Phi) is 4.89. The SMILES string of the molecule is CC.COC(=O)CC1CC(=O)c2cc(O)ccc21. The van der Waals surface area contributed by atoms with E-state index in [1.165, 1.54) is 19.2 Å². The van der Waals surface area contributed by atoms with Gasteiger partial charge in [-0.15, -0.1) is 0 Å². The van der Waals surface area contributed by atoms with Gasteiger partial charge < -0.3 is 9.84 Å². The zero-order valence-corrected chi connectivity index (χ0v) is 10.9. The molecule has 4 heteroatoms. The maximum Gasteiger partial charge on any atom is 0.306 e. The predicted octanol–water partition coefficient (Wildman–Crippen LogP) is 2.65. The topological polar surface area (TPSA) is 63.6 Å². The van der Waals surface area contributed by atoms with Crippen LogP contribution in [0.3, 0.4) is 0 Å². The number of aromatic hydroxyl groups is 1. The zero-order valence-electron chi connectivity index (χ0n) is 10.9. The van der Waals surface area contributed by atoms with E-state index in [-0.39, 0.29) is 29.8 Å². The first-order valence-electron chi connectivity index (χ1n) is 6.04. The lowest BCUT2D eigenvalue weighted by Gasteiger charge is -2.08. The molecule has 0 radical (unpaired) electrons. The monoisotopic (exact) mass is 250 g/mol. The van der Waals surface area contributed by atoms with E-state index in [0.717, 1.165) is 5.56 Å². The van der Waals surface area contributed by atoms with Crippen molar-refractivity contribution in [3.63, 3.8) is 0 Å². The molecule has 0 saturated carbocycles. The standard InChI is InChI=1S/C12H12O4.C2H6/c1-16-12(15)5-7-4-11(14)10-6-8(13)2-3-9(7)10;1-2/h2-3,6-7,13H,4-5H2,1H3;1-2H3. The number of hydrogen-bond acceptors (Lipinski definition) is 4. The molecule has 1 aromatic rings. The van der Waals surface area contributed by atoms with E-state index >= 15 is 0 Å². The molecule has 0 heterocycles. The average molecular weight is 250 g/mol. The van der Waals surface area contributed by atoms with Crippen molar-refractivity contribution in [2.24, 2.45) is 0 Å². The lowest BCUT2D eigenvalue weighted by Crippen LogP contribution is -2.06. The Morgan fingerprint density at radius 2 is 2.11 bits per heavy atom. The summed E-state index contributed by atoms with van der Waals surface area (Å²) in [6.45, 7) is 4.00. The smallest absolute Gasteiger partial charge is 0.306 e. The Hall–Kier alpha value is -1.84. The van der Waals surface area contributed by atoms with Crippen LogP contribution in [0.5, 0.6) is 5.75 Å². The van der Waals surface area contributed by atoms with Crippen LogP contribution in [-0.2, 0) is 9.53 Å². The van der Waals surface area contributed by atoms with E-state index in [2.05, 4.69) is 4.74 Å². The van der Waals surface area contributed by atoms with Gasteiger partial charge in [0.05, 0.1) is 13.5 Å². The Morgan fingerprint density at radius 3 is 2.72 bits per heavy atom. The molecule has 1 N–H and O–H groups in total. The third-order valence-corrected chi connectivity index (χ3v) is 2.85. The van der Waals surface area contributed by atoms with Gasteiger partial charge in [-0.25, -0.2) is 0 Å². The minimum absolute atomic E-state index is 0.0280. The molecule has 2 rings (SSSR count). The van der Waals surface area contributed by atoms with Crippen LogP contribution < -0.4 is 0 Å². The number of fused-ring (bicyclic) bond motifs is 1. The fourth-order valence-corrected chi connectivity index (χ4v) is 2.05. The Morgan fingerprint density at radius 1 is 1.44 bits per heavy atom. The van der Waals surface area contributed by atoms with E-state index in [9.17, 15) is 14.7 Å². The summed E-state index contributed by atoms with van der Waals surface area (Å²) in [5.74, 6) is -0.389. The number of ketones is 1. The summed E-state index contributed by atoms with van der Waals surface area (Å²) in [5, 5.41) is 9.28. The molecule has 0 amide bonds. The lowest BCUT2D eigenvalue weighted by molar-refractivity contribution is -0.141. The van der Waals surface area contributed by atoms with E-state index < -0.39 is 0 Å². The summed E-state index contributed by atoms with van der Waals surface area (Å²) in [5.41, 5.74) is 1.35. The van der Waals surface area contributed by atoms with Gasteiger partial charge in [0.25, 0.3) is 0 Å². The van der Waals surface area contributed by atoms with Crippen molar-refractivity contribution < 1.29 is 19.4 Å². The summed E-state index contributed by atoms with van der Waals surface area (Å²) in [7, 11) is 1.33. The molecule has 1 unspecified atom stereocenters. The molecular formula is C14H18O4. The van der Waals surface area contributed by atoms with Gasteiger partial charge in [-0.2, -0.15) is 0 Å². The predicted molar refractivity (Wildman–Crippen MR) is 67.8 cm³/mol. The number of benzene rings is 1. The van der Waals surface area contributed by atoms with Crippen LogP contribution in [-0.4, -0.2) is 24.0 Å². The third-order valence-electron chi connectivity index (χ3n) is 2.85. The molecule has 18 heavy (non-hydrogen) atoms. The van der Waals surface area contributed by atoms with Crippen molar-refractivity contribution in [1.82, 2.24) is 0 Å². The number of phenolic OH excluding ortho intramolecular Hbond substituents is 1. The zero-order chi connectivity index (χ0) is 13.7. The second-order valence-electron chi connectivity index (χ2n) is 3.88. The van der Waals surface area contributed by atoms with Crippen molar-refractivity contribution in [2.75, 3.05) is 7.11 Å². The van der Waals surface area contributed by atoms with Gasteiger partial charge in [-0.1, -0.05) is 19.9 Å². The highest BCUT2D eigenvalue weighted by molar-refractivity contribution is 6.02. The maximum atomic E-state index is 11.6. The second-order valence-corrected chi connectivity index (χ2v) is 3.88. The van der Waals surface area contributed by atoms with Gasteiger partial charge in [0, 0.05) is 17.9 Å². The lowest BCUT2D eigenvalue weighted by atomic mass is 9.98. The highest BCUT2D eigenvalue weighted by atomic mass is 16.5. The molecule has 4 nitrogen and oxygen atoms in total. The van der Waals surface area contributed by atoms with Gasteiger partial charge in [-0.3, -0.25) is 9.59 Å². The number of phenols is 1. The van der Waals surface area contributed by atoms with Crippen molar-refractivity contribution in [3.05, 3.63) is 29.3 Å². The molecule has 0 saturated heterocycles. The summed E-state index contributed by atoms with van der Waals surface area (Å²) >= 11 is 0. The van der Waals surface area contributed by atoms with Crippen molar-refractivity contribution in [3.8, 4) is 5.75 Å². The fraction of sp³-hybridized carbons (Fsp3) is 0.429. The minimum Gasteiger partial charge on any atom is -0.508 e. The van der Waals surface area contributed by atoms with E-state index in [1.807, 2.05) is 13.8 Å². The molecule has 98 valence electrons. The number of carbonyl (C=O) groups excluding carboxylic acids is 2. The first-order valence-corrected chi connectivity index (χ1v) is 6.04. The van der Waals surface area contributed by atoms with Gasteiger partial charge in [0.15, 0.2) is 5.78 Å². The van der Waals surface area contributed by atoms with Gasteiger partial charge in [0.2, 0.25) is 0 Å². The van der Waals surface area contributed by atoms with E-state index in [4.69, 9.17) is 0 Å². The Labute approximate surface area is 107 Å². The molecule has 1 atom stereocenters. The molecule has 0 fully saturated rings. The first kappa shape index (κ1) is 14.2. The average Bonchev–Trinajstić information content (AvgIpc) is 2.68. The van der Waals surface area contributed by atoms with Crippen LogP contribution in [0.15, 0.2) is 18.2 Å². The van der Waals surface area contributed by atoms with Gasteiger partial charge >= 0.3 is 5.97 Å². The Bertz CT molecular complexity index is 451. The molecule has 0 aliphatic heterocycles. The molecule has 1 aromatic carbocycles. The summed E-state index contributed by atoms with van der Waals surface area (Å²) in [6.07, 6.45) is 0.522. The van der Waals surface area contributed by atoms with Crippen LogP contribution in [0.2, 0.25) is 0 Å². The fourth-order valence-electron chi connectivity index (χ4n) is 2.05. The number of methoxy groups -OCH3 is 1. The maximum absolute atomic E-state index is 11.6. The molecule has 0 aromatic heterocycles. The second kappa shape index (κ2) is 6.19. The Balaban J connectivity index is 0.000000771. The van der Waals surface area contributed by atoms with E-state index in [0.29, 0.717) is 12.0 Å². The number of carbonyl (C=O) groups is 2. The number of rotatable bonds is 2.